The molecule has 3 N–H and O–H groups in total. The number of fused-ring (bicyclic) bond motifs is 2. The summed E-state index contributed by atoms with van der Waals surface area (Å²) in [5.41, 5.74) is 6.83. The van der Waals surface area contributed by atoms with Gasteiger partial charge in [0.2, 0.25) is 11.8 Å². The Hall–Kier alpha value is -4.53. The predicted octanol–water partition coefficient (Wildman–Crippen LogP) is 4.99. The standard InChI is InChI=1S/C27H19F2N3O4/c28-27(29)35-20-10-9-18(14-21(20)36-27)26(11-12-26)25(34)32-22-13-17-3-1-2-4-19(17)23(31-22)15-5-7-16(8-6-15)24(30)33/h1-10,13-14H,11-12H2,(H2,30,33)(H,31,32,34). The third-order valence-electron chi connectivity index (χ3n) is 6.56. The van der Waals surface area contributed by atoms with E-state index in [9.17, 15) is 18.4 Å². The maximum atomic E-state index is 13.4. The molecular formula is C27H19F2N3O4. The first-order valence-corrected chi connectivity index (χ1v) is 11.3. The molecule has 0 bridgehead atoms. The Morgan fingerprint density at radius 3 is 2.36 bits per heavy atom. The highest BCUT2D eigenvalue weighted by Gasteiger charge is 2.53. The summed E-state index contributed by atoms with van der Waals surface area (Å²) in [5.74, 6) is -0.621. The normalized spacial score (nSPS) is 16.5. The van der Waals surface area contributed by atoms with Crippen molar-refractivity contribution in [2.75, 3.05) is 5.32 Å². The van der Waals surface area contributed by atoms with Crippen molar-refractivity contribution in [2.24, 2.45) is 5.73 Å². The van der Waals surface area contributed by atoms with Crippen LogP contribution in [0.2, 0.25) is 0 Å². The second kappa shape index (κ2) is 7.74. The van der Waals surface area contributed by atoms with E-state index in [0.717, 1.165) is 16.3 Å². The number of halogens is 2. The highest BCUT2D eigenvalue weighted by atomic mass is 19.3. The third kappa shape index (κ3) is 3.69. The Bertz CT molecular complexity index is 1550. The molecule has 2 heterocycles. The zero-order chi connectivity index (χ0) is 25.1. The summed E-state index contributed by atoms with van der Waals surface area (Å²) < 4.78 is 35.9. The van der Waals surface area contributed by atoms with Gasteiger partial charge in [0.25, 0.3) is 0 Å². The predicted molar refractivity (Wildman–Crippen MR) is 128 cm³/mol. The number of hydrogen-bond acceptors (Lipinski definition) is 5. The van der Waals surface area contributed by atoms with Crippen LogP contribution < -0.4 is 20.5 Å². The number of alkyl halides is 2. The molecule has 1 aliphatic heterocycles. The molecule has 4 aromatic rings. The minimum Gasteiger partial charge on any atom is -0.395 e. The van der Waals surface area contributed by atoms with Gasteiger partial charge in [-0.2, -0.15) is 0 Å². The first-order valence-electron chi connectivity index (χ1n) is 11.3. The summed E-state index contributed by atoms with van der Waals surface area (Å²) in [4.78, 5) is 29.6. The highest BCUT2D eigenvalue weighted by molar-refractivity contribution is 6.04. The summed E-state index contributed by atoms with van der Waals surface area (Å²) >= 11 is 0. The molecule has 0 unspecified atom stereocenters. The van der Waals surface area contributed by atoms with Crippen LogP contribution in [0.25, 0.3) is 22.0 Å². The zero-order valence-electron chi connectivity index (χ0n) is 18.8. The molecule has 2 amide bonds. The molecule has 9 heteroatoms. The van der Waals surface area contributed by atoms with E-state index in [1.54, 1.807) is 36.4 Å². The van der Waals surface area contributed by atoms with Crippen LogP contribution in [0.3, 0.4) is 0 Å². The summed E-state index contributed by atoms with van der Waals surface area (Å²) in [6.45, 7) is 0. The Kier molecular flexibility index (Phi) is 4.72. The summed E-state index contributed by atoms with van der Waals surface area (Å²) in [5, 5.41) is 4.66. The summed E-state index contributed by atoms with van der Waals surface area (Å²) in [7, 11) is 0. The van der Waals surface area contributed by atoms with Gasteiger partial charge in [0.05, 0.1) is 11.1 Å². The molecule has 1 aromatic heterocycles. The fraction of sp³-hybridized carbons (Fsp3) is 0.148. The molecule has 0 radical (unpaired) electrons. The zero-order valence-corrected chi connectivity index (χ0v) is 18.8. The molecule has 0 saturated heterocycles. The van der Waals surface area contributed by atoms with E-state index in [-0.39, 0.29) is 17.4 Å². The van der Waals surface area contributed by atoms with Crippen LogP contribution in [0.4, 0.5) is 14.6 Å². The van der Waals surface area contributed by atoms with Gasteiger partial charge in [0.1, 0.15) is 5.82 Å². The average molecular weight is 487 g/mol. The van der Waals surface area contributed by atoms with Crippen LogP contribution in [-0.2, 0) is 10.2 Å². The maximum Gasteiger partial charge on any atom is 0.586 e. The second-order valence-electron chi connectivity index (χ2n) is 8.88. The van der Waals surface area contributed by atoms with E-state index in [1.165, 1.54) is 12.1 Å². The molecule has 0 atom stereocenters. The van der Waals surface area contributed by atoms with Crippen molar-refractivity contribution in [3.8, 4) is 22.8 Å². The third-order valence-corrected chi connectivity index (χ3v) is 6.56. The number of rotatable bonds is 5. The first-order chi connectivity index (χ1) is 17.2. The van der Waals surface area contributed by atoms with E-state index in [0.29, 0.717) is 35.5 Å². The van der Waals surface area contributed by atoms with Crippen molar-refractivity contribution in [2.45, 2.75) is 24.6 Å². The van der Waals surface area contributed by atoms with Gasteiger partial charge in [-0.3, -0.25) is 9.59 Å². The fourth-order valence-electron chi connectivity index (χ4n) is 4.53. The van der Waals surface area contributed by atoms with Gasteiger partial charge in [-0.05, 0) is 54.1 Å². The number of carbonyl (C=O) groups is 2. The quantitative estimate of drug-likeness (QED) is 0.413. The number of nitrogens with zero attached hydrogens (tertiary/aromatic N) is 1. The Morgan fingerprint density at radius 1 is 0.917 bits per heavy atom. The molecule has 7 nitrogen and oxygen atoms in total. The van der Waals surface area contributed by atoms with Crippen molar-refractivity contribution in [3.05, 3.63) is 83.9 Å². The van der Waals surface area contributed by atoms with Gasteiger partial charge in [0, 0.05) is 16.5 Å². The molecule has 1 fully saturated rings. The van der Waals surface area contributed by atoms with Crippen LogP contribution in [0.5, 0.6) is 11.5 Å². The van der Waals surface area contributed by atoms with Crippen molar-refractivity contribution in [3.63, 3.8) is 0 Å². The lowest BCUT2D eigenvalue weighted by atomic mass is 9.94. The van der Waals surface area contributed by atoms with Gasteiger partial charge < -0.3 is 20.5 Å². The lowest BCUT2D eigenvalue weighted by Crippen LogP contribution is -2.28. The van der Waals surface area contributed by atoms with Crippen LogP contribution in [0.1, 0.15) is 28.8 Å². The van der Waals surface area contributed by atoms with E-state index in [4.69, 9.17) is 10.7 Å². The molecule has 1 aliphatic carbocycles. The van der Waals surface area contributed by atoms with Gasteiger partial charge in [-0.15, -0.1) is 8.78 Å². The highest BCUT2D eigenvalue weighted by Crippen LogP contribution is 2.52. The number of ether oxygens (including phenoxy) is 2. The summed E-state index contributed by atoms with van der Waals surface area (Å²) in [6.07, 6.45) is -2.60. The smallest absolute Gasteiger partial charge is 0.395 e. The SMILES string of the molecule is NC(=O)c1ccc(-c2nc(NC(=O)C3(c4ccc5c(c4)OC(F)(F)O5)CC3)cc3ccccc23)cc1. The van der Waals surface area contributed by atoms with Crippen molar-refractivity contribution >= 4 is 28.4 Å². The monoisotopic (exact) mass is 487 g/mol. The topological polar surface area (TPSA) is 104 Å². The van der Waals surface area contributed by atoms with Gasteiger partial charge in [0.15, 0.2) is 11.5 Å². The Balaban J connectivity index is 1.33. The first kappa shape index (κ1) is 22.0. The molecule has 0 spiro atoms. The number of anilines is 1. The number of amides is 2. The number of nitrogens with one attached hydrogen (secondary N) is 1. The van der Waals surface area contributed by atoms with Crippen LogP contribution in [0.15, 0.2) is 72.8 Å². The van der Waals surface area contributed by atoms with Gasteiger partial charge in [-0.1, -0.05) is 42.5 Å². The second-order valence-corrected chi connectivity index (χ2v) is 8.88. The minimum absolute atomic E-state index is 0.0665. The van der Waals surface area contributed by atoms with Crippen LogP contribution in [0, 0.1) is 0 Å². The molecular weight excluding hydrogens is 468 g/mol. The number of aromatic nitrogens is 1. The van der Waals surface area contributed by atoms with E-state index >= 15 is 0 Å². The Labute approximate surface area is 203 Å². The molecule has 36 heavy (non-hydrogen) atoms. The molecule has 3 aromatic carbocycles. The molecule has 2 aliphatic rings. The lowest BCUT2D eigenvalue weighted by molar-refractivity contribution is -0.286. The summed E-state index contributed by atoms with van der Waals surface area (Å²) in [6, 6.07) is 20.6. The van der Waals surface area contributed by atoms with Crippen LogP contribution >= 0.6 is 0 Å². The largest absolute Gasteiger partial charge is 0.586 e. The van der Waals surface area contributed by atoms with E-state index in [2.05, 4.69) is 14.8 Å². The van der Waals surface area contributed by atoms with Crippen molar-refractivity contribution in [1.82, 2.24) is 4.98 Å². The van der Waals surface area contributed by atoms with Crippen molar-refractivity contribution in [1.29, 1.82) is 0 Å². The minimum atomic E-state index is -3.72. The molecule has 180 valence electrons. The lowest BCUT2D eigenvalue weighted by Gasteiger charge is -2.17. The van der Waals surface area contributed by atoms with Gasteiger partial charge in [-0.25, -0.2) is 4.98 Å². The van der Waals surface area contributed by atoms with E-state index in [1.807, 2.05) is 24.3 Å². The van der Waals surface area contributed by atoms with Gasteiger partial charge >= 0.3 is 6.29 Å². The fourth-order valence-corrected chi connectivity index (χ4v) is 4.53. The number of hydrogen-bond donors (Lipinski definition) is 2. The Morgan fingerprint density at radius 2 is 1.64 bits per heavy atom. The molecule has 6 rings (SSSR count). The number of primary amides is 1. The number of benzene rings is 3. The number of nitrogens with two attached hydrogens (primary N) is 1. The average Bonchev–Trinajstić information content (AvgIpc) is 3.60. The van der Waals surface area contributed by atoms with Crippen molar-refractivity contribution < 1.29 is 27.8 Å². The number of pyridine rings is 1. The maximum absolute atomic E-state index is 13.4. The molecule has 1 saturated carbocycles. The number of carbonyl (C=O) groups excluding carboxylic acids is 2. The van der Waals surface area contributed by atoms with E-state index < -0.39 is 17.6 Å². The van der Waals surface area contributed by atoms with Crippen LogP contribution in [-0.4, -0.2) is 23.1 Å².